The molecule has 1 aliphatic rings. The molecule has 0 spiro atoms. The van der Waals surface area contributed by atoms with Gasteiger partial charge in [0.05, 0.1) is 13.0 Å². The zero-order chi connectivity index (χ0) is 13.3. The van der Waals surface area contributed by atoms with Gasteiger partial charge < -0.3 is 10.1 Å². The molecule has 2 rings (SSSR count). The SMILES string of the molecule is Cc1ccc(NCC2CC(F)(F)C(=O)O2)cc1Br. The standard InChI is InChI=1S/C12H12BrF2NO2/c1-7-2-3-8(4-10(7)13)16-6-9-5-12(14,15)11(17)18-9/h2-4,9,16H,5-6H2,1H3. The predicted octanol–water partition coefficient (Wildman–Crippen LogP) is 3.12. The first-order valence-electron chi connectivity index (χ1n) is 5.47. The number of anilines is 1. The molecule has 1 atom stereocenters. The zero-order valence-corrected chi connectivity index (χ0v) is 11.3. The van der Waals surface area contributed by atoms with Crippen LogP contribution in [0.5, 0.6) is 0 Å². The Morgan fingerprint density at radius 3 is 2.83 bits per heavy atom. The van der Waals surface area contributed by atoms with Crippen molar-refractivity contribution in [1.29, 1.82) is 0 Å². The number of cyclic esters (lactones) is 1. The highest BCUT2D eigenvalue weighted by molar-refractivity contribution is 9.10. The molecular formula is C12H12BrF2NO2. The van der Waals surface area contributed by atoms with Crippen LogP contribution < -0.4 is 5.32 Å². The number of alkyl halides is 2. The van der Waals surface area contributed by atoms with Crippen LogP contribution in [0.2, 0.25) is 0 Å². The van der Waals surface area contributed by atoms with Crippen molar-refractivity contribution in [2.24, 2.45) is 0 Å². The van der Waals surface area contributed by atoms with Gasteiger partial charge in [0.15, 0.2) is 0 Å². The van der Waals surface area contributed by atoms with Gasteiger partial charge in [-0.05, 0) is 24.6 Å². The number of nitrogens with one attached hydrogen (secondary N) is 1. The number of ether oxygens (including phenoxy) is 1. The number of carbonyl (C=O) groups excluding carboxylic acids is 1. The van der Waals surface area contributed by atoms with Crippen LogP contribution in [0.15, 0.2) is 22.7 Å². The summed E-state index contributed by atoms with van der Waals surface area (Å²) in [5.41, 5.74) is 1.87. The van der Waals surface area contributed by atoms with Crippen molar-refractivity contribution < 1.29 is 18.3 Å². The second kappa shape index (κ2) is 4.84. The smallest absolute Gasteiger partial charge is 0.377 e. The third kappa shape index (κ3) is 2.80. The zero-order valence-electron chi connectivity index (χ0n) is 9.67. The second-order valence-electron chi connectivity index (χ2n) is 4.28. The molecule has 1 unspecified atom stereocenters. The van der Waals surface area contributed by atoms with Gasteiger partial charge in [0.25, 0.3) is 0 Å². The fourth-order valence-corrected chi connectivity index (χ4v) is 2.08. The lowest BCUT2D eigenvalue weighted by atomic mass is 10.2. The van der Waals surface area contributed by atoms with E-state index in [-0.39, 0.29) is 6.54 Å². The normalized spacial score (nSPS) is 21.8. The summed E-state index contributed by atoms with van der Waals surface area (Å²) in [6.07, 6.45) is -1.35. The molecule has 0 saturated carbocycles. The van der Waals surface area contributed by atoms with Gasteiger partial charge in [0, 0.05) is 10.2 Å². The van der Waals surface area contributed by atoms with E-state index in [1.54, 1.807) is 0 Å². The summed E-state index contributed by atoms with van der Waals surface area (Å²) >= 11 is 3.38. The van der Waals surface area contributed by atoms with Crippen molar-refractivity contribution in [1.82, 2.24) is 0 Å². The van der Waals surface area contributed by atoms with E-state index in [9.17, 15) is 13.6 Å². The van der Waals surface area contributed by atoms with E-state index in [0.29, 0.717) is 0 Å². The summed E-state index contributed by atoms with van der Waals surface area (Å²) in [6.45, 7) is 2.13. The van der Waals surface area contributed by atoms with Crippen LogP contribution in [-0.4, -0.2) is 24.5 Å². The van der Waals surface area contributed by atoms with Gasteiger partial charge in [-0.25, -0.2) is 4.79 Å². The molecule has 98 valence electrons. The molecule has 1 aromatic carbocycles. The highest BCUT2D eigenvalue weighted by Crippen LogP contribution is 2.31. The average molecular weight is 320 g/mol. The number of esters is 1. The van der Waals surface area contributed by atoms with Gasteiger partial charge in [0.1, 0.15) is 6.10 Å². The van der Waals surface area contributed by atoms with Gasteiger partial charge in [-0.3, -0.25) is 0 Å². The number of carbonyl (C=O) groups is 1. The van der Waals surface area contributed by atoms with Crippen LogP contribution >= 0.6 is 15.9 Å². The van der Waals surface area contributed by atoms with E-state index in [1.165, 1.54) is 0 Å². The molecule has 3 nitrogen and oxygen atoms in total. The Morgan fingerprint density at radius 2 is 2.28 bits per heavy atom. The summed E-state index contributed by atoms with van der Waals surface area (Å²) in [6, 6.07) is 5.60. The summed E-state index contributed by atoms with van der Waals surface area (Å²) in [7, 11) is 0. The fourth-order valence-electron chi connectivity index (χ4n) is 1.70. The van der Waals surface area contributed by atoms with Crippen molar-refractivity contribution in [2.45, 2.75) is 25.4 Å². The molecule has 0 radical (unpaired) electrons. The van der Waals surface area contributed by atoms with E-state index in [1.807, 2.05) is 25.1 Å². The Hall–Kier alpha value is -1.17. The summed E-state index contributed by atoms with van der Waals surface area (Å²) in [5, 5.41) is 2.97. The molecule has 0 aliphatic carbocycles. The van der Waals surface area contributed by atoms with Crippen LogP contribution in [0.4, 0.5) is 14.5 Å². The van der Waals surface area contributed by atoms with Gasteiger partial charge in [-0.15, -0.1) is 0 Å². The quantitative estimate of drug-likeness (QED) is 0.870. The van der Waals surface area contributed by atoms with Crippen LogP contribution in [0.1, 0.15) is 12.0 Å². The largest absolute Gasteiger partial charge is 0.456 e. The van der Waals surface area contributed by atoms with E-state index >= 15 is 0 Å². The Morgan fingerprint density at radius 1 is 1.56 bits per heavy atom. The Labute approximate surface area is 112 Å². The van der Waals surface area contributed by atoms with Gasteiger partial charge in [-0.2, -0.15) is 8.78 Å². The summed E-state index contributed by atoms with van der Waals surface area (Å²) < 4.78 is 31.4. The topological polar surface area (TPSA) is 38.3 Å². The maximum absolute atomic E-state index is 12.9. The lowest BCUT2D eigenvalue weighted by Gasteiger charge is -2.12. The molecular weight excluding hydrogens is 308 g/mol. The first kappa shape index (κ1) is 13.3. The molecule has 1 heterocycles. The minimum absolute atomic E-state index is 0.177. The molecule has 0 amide bonds. The van der Waals surface area contributed by atoms with E-state index in [2.05, 4.69) is 26.0 Å². The number of benzene rings is 1. The molecule has 0 aromatic heterocycles. The number of rotatable bonds is 3. The average Bonchev–Trinajstić information content (AvgIpc) is 2.55. The fraction of sp³-hybridized carbons (Fsp3) is 0.417. The van der Waals surface area contributed by atoms with Crippen molar-refractivity contribution in [3.63, 3.8) is 0 Å². The Kier molecular flexibility index (Phi) is 3.56. The Balaban J connectivity index is 1.93. The van der Waals surface area contributed by atoms with Crippen molar-refractivity contribution in [2.75, 3.05) is 11.9 Å². The van der Waals surface area contributed by atoms with Crippen LogP contribution in [0.3, 0.4) is 0 Å². The first-order valence-corrected chi connectivity index (χ1v) is 6.27. The van der Waals surface area contributed by atoms with E-state index in [0.717, 1.165) is 15.7 Å². The van der Waals surface area contributed by atoms with Gasteiger partial charge >= 0.3 is 11.9 Å². The predicted molar refractivity (Wildman–Crippen MR) is 66.8 cm³/mol. The van der Waals surface area contributed by atoms with E-state index in [4.69, 9.17) is 0 Å². The highest BCUT2D eigenvalue weighted by atomic mass is 79.9. The summed E-state index contributed by atoms with van der Waals surface area (Å²) in [4.78, 5) is 10.8. The van der Waals surface area contributed by atoms with Crippen molar-refractivity contribution in [3.05, 3.63) is 28.2 Å². The minimum Gasteiger partial charge on any atom is -0.456 e. The molecule has 1 fully saturated rings. The number of aryl methyl sites for hydroxylation is 1. The molecule has 18 heavy (non-hydrogen) atoms. The molecule has 1 aromatic rings. The van der Waals surface area contributed by atoms with Crippen molar-refractivity contribution in [3.8, 4) is 0 Å². The number of halogens is 3. The molecule has 1 aliphatic heterocycles. The molecule has 1 N–H and O–H groups in total. The first-order chi connectivity index (χ1) is 8.38. The number of hydrogen-bond acceptors (Lipinski definition) is 3. The molecule has 6 heteroatoms. The molecule has 0 bridgehead atoms. The number of hydrogen-bond donors (Lipinski definition) is 1. The maximum Gasteiger partial charge on any atom is 0.377 e. The summed E-state index contributed by atoms with van der Waals surface area (Å²) in [5.74, 6) is -4.78. The third-order valence-electron chi connectivity index (χ3n) is 2.76. The lowest BCUT2D eigenvalue weighted by Crippen LogP contribution is -2.22. The minimum atomic E-state index is -3.35. The maximum atomic E-state index is 12.9. The highest BCUT2D eigenvalue weighted by Gasteiger charge is 2.50. The van der Waals surface area contributed by atoms with Crippen LogP contribution in [-0.2, 0) is 9.53 Å². The second-order valence-corrected chi connectivity index (χ2v) is 5.14. The van der Waals surface area contributed by atoms with E-state index < -0.39 is 24.4 Å². The molecule has 1 saturated heterocycles. The van der Waals surface area contributed by atoms with Crippen LogP contribution in [0.25, 0.3) is 0 Å². The van der Waals surface area contributed by atoms with Gasteiger partial charge in [-0.1, -0.05) is 22.0 Å². The van der Waals surface area contributed by atoms with Crippen molar-refractivity contribution >= 4 is 27.6 Å². The third-order valence-corrected chi connectivity index (χ3v) is 3.62. The van der Waals surface area contributed by atoms with Crippen LogP contribution in [0, 0.1) is 6.92 Å². The van der Waals surface area contributed by atoms with Gasteiger partial charge in [0.2, 0.25) is 0 Å². The Bertz CT molecular complexity index is 479. The monoisotopic (exact) mass is 319 g/mol. The lowest BCUT2D eigenvalue weighted by molar-refractivity contribution is -0.158.